The standard InChI is InChI=1S/C16H28N4O3S.ClH/c1-4-19(13(3)12-24(22,23)5-2)16(21)15-8-10-20(18-15)14-7-6-9-17-11-14;/h8,10,13-14,17H,4-7,9,11-12H2,1-3H3;1H. The average Bonchev–Trinajstić information content (AvgIpc) is 3.06. The Balaban J connectivity index is 0.00000312. The number of rotatable bonds is 7. The summed E-state index contributed by atoms with van der Waals surface area (Å²) in [7, 11) is -3.13. The number of hydrogen-bond donors (Lipinski definition) is 1. The number of carbonyl (C=O) groups is 1. The third kappa shape index (κ3) is 5.69. The summed E-state index contributed by atoms with van der Waals surface area (Å²) in [5.41, 5.74) is 0.378. The van der Waals surface area contributed by atoms with Crippen LogP contribution in [0, 0.1) is 0 Å². The molecule has 1 amide bonds. The van der Waals surface area contributed by atoms with Crippen LogP contribution >= 0.6 is 12.4 Å². The van der Waals surface area contributed by atoms with Crippen LogP contribution in [0.3, 0.4) is 0 Å². The van der Waals surface area contributed by atoms with Gasteiger partial charge >= 0.3 is 0 Å². The molecule has 1 N–H and O–H groups in total. The van der Waals surface area contributed by atoms with Gasteiger partial charge in [-0.1, -0.05) is 6.92 Å². The number of aromatic nitrogens is 2. The number of sulfone groups is 1. The van der Waals surface area contributed by atoms with E-state index in [2.05, 4.69) is 10.4 Å². The van der Waals surface area contributed by atoms with Gasteiger partial charge in [0.15, 0.2) is 9.84 Å². The molecule has 0 aromatic carbocycles. The van der Waals surface area contributed by atoms with Gasteiger partial charge in [0.05, 0.1) is 11.8 Å². The molecule has 0 bridgehead atoms. The fraction of sp³-hybridized carbons (Fsp3) is 0.750. The van der Waals surface area contributed by atoms with E-state index in [-0.39, 0.29) is 41.9 Å². The van der Waals surface area contributed by atoms with Crippen LogP contribution in [0.25, 0.3) is 0 Å². The zero-order valence-corrected chi connectivity index (χ0v) is 16.8. The van der Waals surface area contributed by atoms with Crippen molar-refractivity contribution in [1.82, 2.24) is 20.0 Å². The second kappa shape index (κ2) is 9.54. The molecule has 1 aliphatic heterocycles. The molecule has 1 saturated heterocycles. The quantitative estimate of drug-likeness (QED) is 0.760. The molecule has 7 nitrogen and oxygen atoms in total. The highest BCUT2D eigenvalue weighted by Crippen LogP contribution is 2.17. The number of hydrogen-bond acceptors (Lipinski definition) is 5. The smallest absolute Gasteiger partial charge is 0.274 e. The molecule has 0 saturated carbocycles. The predicted octanol–water partition coefficient (Wildman–Crippen LogP) is 1.51. The van der Waals surface area contributed by atoms with Crippen molar-refractivity contribution in [2.24, 2.45) is 0 Å². The molecule has 2 rings (SSSR count). The van der Waals surface area contributed by atoms with Crippen molar-refractivity contribution in [1.29, 1.82) is 0 Å². The fourth-order valence-electron chi connectivity index (χ4n) is 3.09. The maximum atomic E-state index is 12.7. The average molecular weight is 393 g/mol. The van der Waals surface area contributed by atoms with Crippen LogP contribution in [0.2, 0.25) is 0 Å². The Morgan fingerprint density at radius 1 is 1.48 bits per heavy atom. The topological polar surface area (TPSA) is 84.3 Å². The van der Waals surface area contributed by atoms with Gasteiger partial charge in [0, 0.05) is 31.1 Å². The highest BCUT2D eigenvalue weighted by molar-refractivity contribution is 7.91. The summed E-state index contributed by atoms with van der Waals surface area (Å²) in [4.78, 5) is 14.3. The number of piperidine rings is 1. The van der Waals surface area contributed by atoms with E-state index in [1.807, 2.05) is 17.8 Å². The molecule has 0 aliphatic carbocycles. The SMILES string of the molecule is CCN(C(=O)c1ccn(C2CCCNC2)n1)C(C)CS(=O)(=O)CC.Cl. The van der Waals surface area contributed by atoms with Crippen LogP contribution in [-0.2, 0) is 9.84 Å². The van der Waals surface area contributed by atoms with E-state index in [0.29, 0.717) is 12.2 Å². The third-order valence-electron chi connectivity index (χ3n) is 4.54. The van der Waals surface area contributed by atoms with E-state index in [1.165, 1.54) is 0 Å². The number of amides is 1. The van der Waals surface area contributed by atoms with E-state index >= 15 is 0 Å². The number of carbonyl (C=O) groups excluding carboxylic acids is 1. The Labute approximate surface area is 156 Å². The maximum absolute atomic E-state index is 12.7. The van der Waals surface area contributed by atoms with Crippen molar-refractivity contribution in [2.45, 2.75) is 45.7 Å². The summed E-state index contributed by atoms with van der Waals surface area (Å²) < 4.78 is 25.5. The van der Waals surface area contributed by atoms with E-state index in [4.69, 9.17) is 0 Å². The summed E-state index contributed by atoms with van der Waals surface area (Å²) in [6.07, 6.45) is 3.98. The first kappa shape index (κ1) is 21.9. The van der Waals surface area contributed by atoms with Crippen molar-refractivity contribution in [2.75, 3.05) is 31.1 Å². The van der Waals surface area contributed by atoms with Crippen LogP contribution in [0.5, 0.6) is 0 Å². The normalized spacial score (nSPS) is 19.1. The second-order valence-corrected chi connectivity index (χ2v) is 8.72. The summed E-state index contributed by atoms with van der Waals surface area (Å²) in [6, 6.07) is 1.63. The molecule has 1 aromatic heterocycles. The Morgan fingerprint density at radius 2 is 2.20 bits per heavy atom. The van der Waals surface area contributed by atoms with Crippen LogP contribution in [-0.4, -0.2) is 66.2 Å². The fourth-order valence-corrected chi connectivity index (χ4v) is 4.24. The van der Waals surface area contributed by atoms with Gasteiger partial charge in [-0.2, -0.15) is 5.10 Å². The summed E-state index contributed by atoms with van der Waals surface area (Å²) in [5, 5.41) is 7.77. The Morgan fingerprint density at radius 3 is 2.76 bits per heavy atom. The van der Waals surface area contributed by atoms with E-state index < -0.39 is 9.84 Å². The van der Waals surface area contributed by atoms with Crippen LogP contribution in [0.4, 0.5) is 0 Å². The van der Waals surface area contributed by atoms with Gasteiger partial charge in [-0.25, -0.2) is 8.42 Å². The maximum Gasteiger partial charge on any atom is 0.274 e. The predicted molar refractivity (Wildman–Crippen MR) is 101 cm³/mol. The minimum atomic E-state index is -3.13. The van der Waals surface area contributed by atoms with E-state index in [1.54, 1.807) is 24.8 Å². The number of nitrogens with one attached hydrogen (secondary N) is 1. The lowest BCUT2D eigenvalue weighted by Gasteiger charge is -2.27. The zero-order valence-electron chi connectivity index (χ0n) is 15.1. The van der Waals surface area contributed by atoms with Crippen LogP contribution in [0.15, 0.2) is 12.3 Å². The summed E-state index contributed by atoms with van der Waals surface area (Å²) in [5.74, 6) is -0.137. The molecule has 1 fully saturated rings. The highest BCUT2D eigenvalue weighted by Gasteiger charge is 2.26. The van der Waals surface area contributed by atoms with Crippen molar-refractivity contribution in [3.63, 3.8) is 0 Å². The lowest BCUT2D eigenvalue weighted by Crippen LogP contribution is -2.42. The first-order valence-corrected chi connectivity index (χ1v) is 10.5. The molecule has 1 aromatic rings. The monoisotopic (exact) mass is 392 g/mol. The molecular formula is C16H29ClN4O3S. The number of halogens is 1. The number of nitrogens with zero attached hydrogens (tertiary/aromatic N) is 3. The third-order valence-corrected chi connectivity index (χ3v) is 6.41. The summed E-state index contributed by atoms with van der Waals surface area (Å²) in [6.45, 7) is 7.59. The lowest BCUT2D eigenvalue weighted by molar-refractivity contribution is 0.0711. The van der Waals surface area contributed by atoms with Crippen molar-refractivity contribution in [3.05, 3.63) is 18.0 Å². The van der Waals surface area contributed by atoms with Gasteiger partial charge in [-0.3, -0.25) is 9.48 Å². The van der Waals surface area contributed by atoms with Gasteiger partial charge in [0.25, 0.3) is 5.91 Å². The highest BCUT2D eigenvalue weighted by atomic mass is 35.5. The Bertz CT molecular complexity index is 656. The molecule has 9 heteroatoms. The second-order valence-electron chi connectivity index (χ2n) is 6.32. The van der Waals surface area contributed by atoms with Crippen molar-refractivity contribution >= 4 is 28.2 Å². The summed E-state index contributed by atoms with van der Waals surface area (Å²) >= 11 is 0. The van der Waals surface area contributed by atoms with Gasteiger partial charge in [-0.15, -0.1) is 12.4 Å². The van der Waals surface area contributed by atoms with Crippen LogP contribution in [0.1, 0.15) is 50.1 Å². The minimum absolute atomic E-state index is 0. The molecule has 2 atom stereocenters. The van der Waals surface area contributed by atoms with E-state index in [0.717, 1.165) is 25.9 Å². The molecule has 0 radical (unpaired) electrons. The first-order chi connectivity index (χ1) is 11.4. The van der Waals surface area contributed by atoms with E-state index in [9.17, 15) is 13.2 Å². The largest absolute Gasteiger partial charge is 0.334 e. The van der Waals surface area contributed by atoms with Gasteiger partial charge in [0.2, 0.25) is 0 Å². The Hall–Kier alpha value is -1.12. The van der Waals surface area contributed by atoms with Gasteiger partial charge in [-0.05, 0) is 39.3 Å². The lowest BCUT2D eigenvalue weighted by atomic mass is 10.1. The van der Waals surface area contributed by atoms with Gasteiger partial charge < -0.3 is 10.2 Å². The molecule has 2 unspecified atom stereocenters. The molecule has 25 heavy (non-hydrogen) atoms. The molecular weight excluding hydrogens is 364 g/mol. The molecule has 144 valence electrons. The molecule has 2 heterocycles. The zero-order chi connectivity index (χ0) is 17.7. The van der Waals surface area contributed by atoms with Crippen molar-refractivity contribution < 1.29 is 13.2 Å². The first-order valence-electron chi connectivity index (χ1n) is 8.65. The minimum Gasteiger partial charge on any atom is -0.334 e. The van der Waals surface area contributed by atoms with Crippen LogP contribution < -0.4 is 5.32 Å². The van der Waals surface area contributed by atoms with Gasteiger partial charge in [0.1, 0.15) is 5.69 Å². The molecule has 0 spiro atoms. The Kier molecular flexibility index (Phi) is 8.37. The molecule has 1 aliphatic rings. The van der Waals surface area contributed by atoms with Crippen molar-refractivity contribution in [3.8, 4) is 0 Å².